The van der Waals surface area contributed by atoms with Crippen LogP contribution in [0.4, 0.5) is 4.39 Å². The highest BCUT2D eigenvalue weighted by Gasteiger charge is 2.08. The van der Waals surface area contributed by atoms with Gasteiger partial charge in [-0.1, -0.05) is 12.1 Å². The number of rotatable bonds is 7. The third-order valence-electron chi connectivity index (χ3n) is 3.32. The molecule has 6 heteroatoms. The Morgan fingerprint density at radius 1 is 1.22 bits per heavy atom. The normalized spacial score (nSPS) is 10.5. The molecule has 0 radical (unpaired) electrons. The second-order valence-corrected chi connectivity index (χ2v) is 5.02. The van der Waals surface area contributed by atoms with Crippen molar-refractivity contribution in [2.24, 2.45) is 0 Å². The molecule has 0 bridgehead atoms. The van der Waals surface area contributed by atoms with Crippen molar-refractivity contribution in [3.8, 4) is 11.3 Å². The Labute approximate surface area is 133 Å². The fourth-order valence-electron chi connectivity index (χ4n) is 2.19. The van der Waals surface area contributed by atoms with Crippen LogP contribution in [0.2, 0.25) is 0 Å². The summed E-state index contributed by atoms with van der Waals surface area (Å²) in [7, 11) is 0. The Balaban J connectivity index is 2.03. The number of aryl methyl sites for hydroxylation is 1. The molecule has 0 amide bonds. The number of hydrogen-bond acceptors (Lipinski definition) is 4. The average molecular weight is 318 g/mol. The molecule has 1 heterocycles. The number of halogens is 1. The predicted octanol–water partition coefficient (Wildman–Crippen LogP) is 2.78. The lowest BCUT2D eigenvalue weighted by atomic mass is 10.1. The molecule has 0 saturated carbocycles. The van der Waals surface area contributed by atoms with Crippen molar-refractivity contribution < 1.29 is 13.9 Å². The number of nitrogens with zero attached hydrogens (tertiary/aromatic N) is 2. The summed E-state index contributed by atoms with van der Waals surface area (Å²) >= 11 is 0. The SMILES string of the molecule is CCOC(=O)CCCCn1nc(-c2ccccc2F)ccc1=O. The van der Waals surface area contributed by atoms with Gasteiger partial charge in [-0.15, -0.1) is 0 Å². The standard InChI is InChI=1S/C17H19FN2O3/c1-2-23-17(22)9-5-6-12-20-16(21)11-10-15(19-20)13-7-3-4-8-14(13)18/h3-4,7-8,10-11H,2,5-6,9,12H2,1H3. The molecule has 0 fully saturated rings. The van der Waals surface area contributed by atoms with Gasteiger partial charge in [0.05, 0.1) is 12.3 Å². The summed E-state index contributed by atoms with van der Waals surface area (Å²) in [5, 5.41) is 4.20. The largest absolute Gasteiger partial charge is 0.466 e. The van der Waals surface area contributed by atoms with Gasteiger partial charge < -0.3 is 4.74 Å². The molecule has 0 saturated heterocycles. The lowest BCUT2D eigenvalue weighted by Crippen LogP contribution is -2.22. The van der Waals surface area contributed by atoms with Crippen molar-refractivity contribution in [1.82, 2.24) is 9.78 Å². The van der Waals surface area contributed by atoms with Crippen LogP contribution >= 0.6 is 0 Å². The molecule has 0 aliphatic rings. The van der Waals surface area contributed by atoms with E-state index in [4.69, 9.17) is 4.74 Å². The Hall–Kier alpha value is -2.50. The fourth-order valence-corrected chi connectivity index (χ4v) is 2.19. The van der Waals surface area contributed by atoms with E-state index >= 15 is 0 Å². The van der Waals surface area contributed by atoms with E-state index in [0.717, 1.165) is 0 Å². The van der Waals surface area contributed by atoms with Crippen LogP contribution in [0.1, 0.15) is 26.2 Å². The Kier molecular flexibility index (Phi) is 6.02. The van der Waals surface area contributed by atoms with Gasteiger partial charge >= 0.3 is 5.97 Å². The van der Waals surface area contributed by atoms with Crippen molar-refractivity contribution >= 4 is 5.97 Å². The molecule has 5 nitrogen and oxygen atoms in total. The summed E-state index contributed by atoms with van der Waals surface area (Å²) in [6.45, 7) is 2.50. The van der Waals surface area contributed by atoms with Gasteiger partial charge in [0.25, 0.3) is 5.56 Å². The van der Waals surface area contributed by atoms with Crippen LogP contribution in [0.3, 0.4) is 0 Å². The third kappa shape index (κ3) is 4.74. The molecule has 23 heavy (non-hydrogen) atoms. The van der Waals surface area contributed by atoms with Crippen LogP contribution in [-0.4, -0.2) is 22.4 Å². The number of unbranched alkanes of at least 4 members (excludes halogenated alkanes) is 1. The van der Waals surface area contributed by atoms with E-state index in [9.17, 15) is 14.0 Å². The van der Waals surface area contributed by atoms with Crippen LogP contribution in [-0.2, 0) is 16.1 Å². The second kappa shape index (κ2) is 8.22. The van der Waals surface area contributed by atoms with Crippen molar-refractivity contribution in [2.45, 2.75) is 32.7 Å². The van der Waals surface area contributed by atoms with Crippen LogP contribution in [0.15, 0.2) is 41.2 Å². The third-order valence-corrected chi connectivity index (χ3v) is 3.32. The maximum Gasteiger partial charge on any atom is 0.305 e. The van der Waals surface area contributed by atoms with E-state index in [0.29, 0.717) is 43.7 Å². The van der Waals surface area contributed by atoms with Crippen LogP contribution in [0.25, 0.3) is 11.3 Å². The summed E-state index contributed by atoms with van der Waals surface area (Å²) in [5.41, 5.74) is 0.516. The van der Waals surface area contributed by atoms with Crippen molar-refractivity contribution in [1.29, 1.82) is 0 Å². The van der Waals surface area contributed by atoms with E-state index in [2.05, 4.69) is 5.10 Å². The minimum Gasteiger partial charge on any atom is -0.466 e. The summed E-state index contributed by atoms with van der Waals surface area (Å²) in [5.74, 6) is -0.625. The molecule has 0 N–H and O–H groups in total. The first-order valence-electron chi connectivity index (χ1n) is 7.60. The smallest absolute Gasteiger partial charge is 0.305 e. The molecule has 0 aliphatic carbocycles. The molecule has 122 valence electrons. The Bertz CT molecular complexity index is 728. The molecule has 0 atom stereocenters. The van der Waals surface area contributed by atoms with Crippen molar-refractivity contribution in [3.05, 3.63) is 52.6 Å². The number of benzene rings is 1. The topological polar surface area (TPSA) is 61.2 Å². The number of ether oxygens (including phenoxy) is 1. The van der Waals surface area contributed by atoms with Gasteiger partial charge in [-0.3, -0.25) is 9.59 Å². The minimum absolute atomic E-state index is 0.243. The van der Waals surface area contributed by atoms with Gasteiger partial charge in [0.1, 0.15) is 5.82 Å². The summed E-state index contributed by atoms with van der Waals surface area (Å²) in [6, 6.07) is 9.17. The van der Waals surface area contributed by atoms with Gasteiger partial charge in [-0.25, -0.2) is 9.07 Å². The van der Waals surface area contributed by atoms with Gasteiger partial charge in [-0.2, -0.15) is 5.10 Å². The first-order valence-corrected chi connectivity index (χ1v) is 7.60. The zero-order valence-electron chi connectivity index (χ0n) is 13.0. The monoisotopic (exact) mass is 318 g/mol. The van der Waals surface area contributed by atoms with Gasteiger partial charge in [0.15, 0.2) is 0 Å². The first kappa shape index (κ1) is 16.9. The molecule has 2 rings (SSSR count). The molecule has 0 unspecified atom stereocenters. The van der Waals surface area contributed by atoms with Crippen LogP contribution in [0, 0.1) is 5.82 Å². The highest BCUT2D eigenvalue weighted by Crippen LogP contribution is 2.18. The number of aromatic nitrogens is 2. The molecular formula is C17H19FN2O3. The zero-order chi connectivity index (χ0) is 16.7. The molecule has 0 aliphatic heterocycles. The quantitative estimate of drug-likeness (QED) is 0.582. The molecule has 0 spiro atoms. The highest BCUT2D eigenvalue weighted by atomic mass is 19.1. The van der Waals surface area contributed by atoms with Gasteiger partial charge in [-0.05, 0) is 38.0 Å². The van der Waals surface area contributed by atoms with E-state index in [1.165, 1.54) is 22.9 Å². The second-order valence-electron chi connectivity index (χ2n) is 5.02. The lowest BCUT2D eigenvalue weighted by Gasteiger charge is -2.08. The number of hydrogen-bond donors (Lipinski definition) is 0. The number of carbonyl (C=O) groups excluding carboxylic acids is 1. The Morgan fingerprint density at radius 3 is 2.74 bits per heavy atom. The summed E-state index contributed by atoms with van der Waals surface area (Å²) in [6.07, 6.45) is 1.54. The average Bonchev–Trinajstić information content (AvgIpc) is 2.54. The lowest BCUT2D eigenvalue weighted by molar-refractivity contribution is -0.143. The van der Waals surface area contributed by atoms with E-state index in [-0.39, 0.29) is 17.3 Å². The van der Waals surface area contributed by atoms with Crippen molar-refractivity contribution in [3.63, 3.8) is 0 Å². The van der Waals surface area contributed by atoms with E-state index in [1.807, 2.05) is 0 Å². The van der Waals surface area contributed by atoms with E-state index < -0.39 is 0 Å². The molecule has 1 aromatic carbocycles. The number of esters is 1. The van der Waals surface area contributed by atoms with Gasteiger partial charge in [0.2, 0.25) is 0 Å². The van der Waals surface area contributed by atoms with Crippen LogP contribution < -0.4 is 5.56 Å². The summed E-state index contributed by atoms with van der Waals surface area (Å²) in [4.78, 5) is 23.1. The fraction of sp³-hybridized carbons (Fsp3) is 0.353. The zero-order valence-corrected chi connectivity index (χ0v) is 13.0. The maximum atomic E-state index is 13.8. The highest BCUT2D eigenvalue weighted by molar-refractivity contribution is 5.69. The Morgan fingerprint density at radius 2 is 2.00 bits per heavy atom. The van der Waals surface area contributed by atoms with Gasteiger partial charge in [0, 0.05) is 24.6 Å². The predicted molar refractivity (Wildman–Crippen MR) is 84.4 cm³/mol. The maximum absolute atomic E-state index is 13.8. The minimum atomic E-state index is -0.382. The molecular weight excluding hydrogens is 299 g/mol. The van der Waals surface area contributed by atoms with Crippen molar-refractivity contribution in [2.75, 3.05) is 6.61 Å². The number of carbonyl (C=O) groups is 1. The first-order chi connectivity index (χ1) is 11.1. The van der Waals surface area contributed by atoms with Crippen LogP contribution in [0.5, 0.6) is 0 Å². The summed E-state index contributed by atoms with van der Waals surface area (Å²) < 4.78 is 19.9. The molecule has 1 aromatic heterocycles. The van der Waals surface area contributed by atoms with E-state index in [1.54, 1.807) is 25.1 Å². The molecule has 2 aromatic rings.